The zero-order valence-electron chi connectivity index (χ0n) is 34.6. The van der Waals surface area contributed by atoms with Crippen molar-refractivity contribution in [3.63, 3.8) is 0 Å². The van der Waals surface area contributed by atoms with Gasteiger partial charge in [0.25, 0.3) is 0 Å². The van der Waals surface area contributed by atoms with Crippen molar-refractivity contribution < 1.29 is 0 Å². The first-order valence-electron chi connectivity index (χ1n) is 21.9. The van der Waals surface area contributed by atoms with Crippen LogP contribution in [0, 0.1) is 0 Å². The number of rotatable bonds is 9. The van der Waals surface area contributed by atoms with E-state index >= 15 is 0 Å². The van der Waals surface area contributed by atoms with Gasteiger partial charge in [0, 0.05) is 22.0 Å². The van der Waals surface area contributed by atoms with Gasteiger partial charge in [-0.3, -0.25) is 5.32 Å². The topological polar surface area (TPSA) is 41.4 Å². The molecule has 3 atom stereocenters. The van der Waals surface area contributed by atoms with Gasteiger partial charge in [0.05, 0.1) is 11.0 Å². The summed E-state index contributed by atoms with van der Waals surface area (Å²) >= 11 is 0. The van der Waals surface area contributed by atoms with E-state index in [9.17, 15) is 0 Å². The molecule has 0 spiro atoms. The maximum absolute atomic E-state index is 5.44. The molecule has 62 heavy (non-hydrogen) atoms. The van der Waals surface area contributed by atoms with Gasteiger partial charge in [-0.2, -0.15) is 0 Å². The Morgan fingerprint density at radius 1 is 0.548 bits per heavy atom. The van der Waals surface area contributed by atoms with Crippen LogP contribution in [0.2, 0.25) is 5.54 Å². The molecule has 0 bridgehead atoms. The Kier molecular flexibility index (Phi) is 10.0. The number of para-hydroxylation sites is 2. The highest BCUT2D eigenvalue weighted by Crippen LogP contribution is 2.41. The molecule has 4 nitrogen and oxygen atoms in total. The minimum atomic E-state index is -2.40. The van der Waals surface area contributed by atoms with Crippen molar-refractivity contribution in [3.05, 3.63) is 252 Å². The normalized spacial score (nSPS) is 18.8. The standard InChI is InChI=1S/C57H48N4Si/c1-5-19-42(20-6-1)55-58-56(60-57(59-55)45-23-18-24-46(40-45)61-53-33-15-13-31-51(53)52-32-14-16-34-54(52)61)44-22-17-21-43(39-44)41-35-37-50(38-36-41)62(47-25-7-2-8-26-47,48-27-9-3-10-28-48)49-29-11-4-12-30-49/h1-29,31-35,37,39-40,49,55-56,58H,30,36,38H2,(H,59,60). The first-order valence-corrected chi connectivity index (χ1v) is 24.0. The zero-order chi connectivity index (χ0) is 41.3. The molecular formula is C57H48N4Si. The van der Waals surface area contributed by atoms with Gasteiger partial charge in [0.1, 0.15) is 18.2 Å². The number of benzene rings is 7. The first-order chi connectivity index (χ1) is 30.7. The summed E-state index contributed by atoms with van der Waals surface area (Å²) in [7, 11) is -2.40. The Hall–Kier alpha value is -7.05. The SMILES string of the molecule is C1=CCC([Si](C2=CC=C(c3cccc(C4N=C(c5cccc(-n6c7ccccc7c7ccccc76)c5)NC(c5ccccc5)N4)c3)CC2)(c2ccccc2)c2ccccc2)C=C1. The molecule has 0 saturated carbocycles. The number of allylic oxidation sites excluding steroid dienone is 8. The summed E-state index contributed by atoms with van der Waals surface area (Å²) in [6.07, 6.45) is 16.9. The predicted octanol–water partition coefficient (Wildman–Crippen LogP) is 11.9. The van der Waals surface area contributed by atoms with Crippen LogP contribution in [0.3, 0.4) is 0 Å². The van der Waals surface area contributed by atoms with Gasteiger partial charge in [-0.05, 0) is 87.8 Å². The van der Waals surface area contributed by atoms with E-state index in [-0.39, 0.29) is 12.3 Å². The quantitative estimate of drug-likeness (QED) is 0.143. The summed E-state index contributed by atoms with van der Waals surface area (Å²) in [6, 6.07) is 68.6. The third-order valence-corrected chi connectivity index (χ3v) is 18.6. The number of aromatic nitrogens is 1. The fourth-order valence-corrected chi connectivity index (χ4v) is 15.9. The molecule has 0 fully saturated rings. The van der Waals surface area contributed by atoms with E-state index in [1.54, 1.807) is 5.20 Å². The first kappa shape index (κ1) is 37.9. The zero-order valence-corrected chi connectivity index (χ0v) is 35.6. The maximum Gasteiger partial charge on any atom is 0.151 e. The van der Waals surface area contributed by atoms with Gasteiger partial charge in [-0.15, -0.1) is 0 Å². The number of nitrogens with zero attached hydrogens (tertiary/aromatic N) is 2. The van der Waals surface area contributed by atoms with E-state index in [0.29, 0.717) is 5.54 Å². The molecule has 0 saturated heterocycles. The van der Waals surface area contributed by atoms with Crippen LogP contribution >= 0.6 is 0 Å². The van der Waals surface area contributed by atoms with Crippen LogP contribution in [0.15, 0.2) is 235 Å². The number of nitrogens with one attached hydrogen (secondary N) is 2. The summed E-state index contributed by atoms with van der Waals surface area (Å²) in [5, 5.41) is 14.7. The molecule has 1 aliphatic heterocycles. The predicted molar refractivity (Wildman–Crippen MR) is 262 cm³/mol. The van der Waals surface area contributed by atoms with Crippen LogP contribution < -0.4 is 21.0 Å². The highest BCUT2D eigenvalue weighted by Gasteiger charge is 2.46. The number of amidine groups is 1. The second kappa shape index (κ2) is 16.4. The molecule has 300 valence electrons. The number of aliphatic imine (C=N–C) groups is 1. The van der Waals surface area contributed by atoms with Crippen LogP contribution in [0.4, 0.5) is 0 Å². The van der Waals surface area contributed by atoms with E-state index in [1.165, 1.54) is 48.9 Å². The molecule has 0 amide bonds. The van der Waals surface area contributed by atoms with Gasteiger partial charge in [0.15, 0.2) is 8.07 Å². The van der Waals surface area contributed by atoms with Crippen molar-refractivity contribution in [1.29, 1.82) is 0 Å². The summed E-state index contributed by atoms with van der Waals surface area (Å²) in [4.78, 5) is 5.44. The molecule has 2 aliphatic carbocycles. The van der Waals surface area contributed by atoms with E-state index in [1.807, 2.05) is 0 Å². The molecule has 7 aromatic carbocycles. The van der Waals surface area contributed by atoms with Gasteiger partial charge in [0.2, 0.25) is 0 Å². The fraction of sp³-hybridized carbons (Fsp3) is 0.105. The minimum Gasteiger partial charge on any atom is -0.350 e. The minimum absolute atomic E-state index is 0.133. The summed E-state index contributed by atoms with van der Waals surface area (Å²) in [6.45, 7) is 0. The molecule has 3 aliphatic rings. The number of hydrogen-bond donors (Lipinski definition) is 2. The van der Waals surface area contributed by atoms with Crippen LogP contribution in [0.25, 0.3) is 33.1 Å². The van der Waals surface area contributed by atoms with Crippen molar-refractivity contribution >= 4 is 51.7 Å². The van der Waals surface area contributed by atoms with Gasteiger partial charge in [-0.1, -0.05) is 199 Å². The Labute approximate surface area is 365 Å². The Morgan fingerprint density at radius 3 is 1.84 bits per heavy atom. The third-order valence-electron chi connectivity index (χ3n) is 13.2. The highest BCUT2D eigenvalue weighted by molar-refractivity contribution is 7.08. The van der Waals surface area contributed by atoms with Crippen molar-refractivity contribution in [2.75, 3.05) is 0 Å². The molecule has 0 radical (unpaired) electrons. The molecular weight excluding hydrogens is 769 g/mol. The average molecular weight is 817 g/mol. The summed E-state index contributed by atoms with van der Waals surface area (Å²) in [5.41, 5.74) is 9.93. The molecule has 11 rings (SSSR count). The van der Waals surface area contributed by atoms with Crippen LogP contribution in [-0.2, 0) is 0 Å². The lowest BCUT2D eigenvalue weighted by Crippen LogP contribution is -2.63. The average Bonchev–Trinajstić information content (AvgIpc) is 3.70. The van der Waals surface area contributed by atoms with E-state index < -0.39 is 8.07 Å². The van der Waals surface area contributed by atoms with Crippen molar-refractivity contribution in [2.24, 2.45) is 4.99 Å². The lowest BCUT2D eigenvalue weighted by Gasteiger charge is -2.42. The Balaban J connectivity index is 0.970. The smallest absolute Gasteiger partial charge is 0.151 e. The Bertz CT molecular complexity index is 2970. The Morgan fingerprint density at radius 2 is 1.18 bits per heavy atom. The lowest BCUT2D eigenvalue weighted by molar-refractivity contribution is 0.409. The molecule has 8 aromatic rings. The number of hydrogen-bond acceptors (Lipinski definition) is 3. The second-order valence-corrected chi connectivity index (χ2v) is 20.8. The van der Waals surface area contributed by atoms with Crippen molar-refractivity contribution in [3.8, 4) is 5.69 Å². The fourth-order valence-electron chi connectivity index (χ4n) is 10.3. The van der Waals surface area contributed by atoms with Crippen LogP contribution in [0.1, 0.15) is 53.8 Å². The van der Waals surface area contributed by atoms with E-state index in [4.69, 9.17) is 4.99 Å². The number of fused-ring (bicyclic) bond motifs is 3. The molecule has 1 aromatic heterocycles. The molecule has 2 N–H and O–H groups in total. The second-order valence-electron chi connectivity index (χ2n) is 16.7. The van der Waals surface area contributed by atoms with Crippen molar-refractivity contribution in [1.82, 2.24) is 15.2 Å². The molecule has 3 unspecified atom stereocenters. The van der Waals surface area contributed by atoms with Gasteiger partial charge in [-0.25, -0.2) is 4.99 Å². The van der Waals surface area contributed by atoms with E-state index in [0.717, 1.165) is 41.9 Å². The lowest BCUT2D eigenvalue weighted by atomic mass is 9.95. The van der Waals surface area contributed by atoms with Crippen LogP contribution in [0.5, 0.6) is 0 Å². The third kappa shape index (κ3) is 6.80. The monoisotopic (exact) mass is 816 g/mol. The van der Waals surface area contributed by atoms with E-state index in [2.05, 4.69) is 240 Å². The summed E-state index contributed by atoms with van der Waals surface area (Å²) < 4.78 is 2.37. The largest absolute Gasteiger partial charge is 0.350 e. The molecule has 2 heterocycles. The van der Waals surface area contributed by atoms with Gasteiger partial charge >= 0.3 is 0 Å². The summed E-state index contributed by atoms with van der Waals surface area (Å²) in [5.74, 6) is 0.870. The van der Waals surface area contributed by atoms with Crippen LogP contribution in [-0.4, -0.2) is 18.5 Å². The molecule has 5 heteroatoms. The van der Waals surface area contributed by atoms with Gasteiger partial charge < -0.3 is 9.88 Å². The maximum atomic E-state index is 5.44. The highest BCUT2D eigenvalue weighted by atomic mass is 28.3. The van der Waals surface area contributed by atoms with Crippen molar-refractivity contribution in [2.45, 2.75) is 37.1 Å².